The third-order valence-electron chi connectivity index (χ3n) is 3.93. The number of ether oxygens (including phenoxy) is 1. The Bertz CT molecular complexity index is 947. The second-order valence-corrected chi connectivity index (χ2v) is 6.22. The molecule has 0 radical (unpaired) electrons. The van der Waals surface area contributed by atoms with Gasteiger partial charge in [-0.15, -0.1) is 0 Å². The highest BCUT2D eigenvalue weighted by Crippen LogP contribution is 2.16. The van der Waals surface area contributed by atoms with E-state index < -0.39 is 0 Å². The molecule has 0 saturated heterocycles. The van der Waals surface area contributed by atoms with Gasteiger partial charge in [-0.1, -0.05) is 12.1 Å². The highest BCUT2D eigenvalue weighted by atomic mass is 16.5. The summed E-state index contributed by atoms with van der Waals surface area (Å²) in [7, 11) is 0. The Morgan fingerprint density at radius 1 is 1.00 bits per heavy atom. The highest BCUT2D eigenvalue weighted by Gasteiger charge is 2.10. The van der Waals surface area contributed by atoms with E-state index in [4.69, 9.17) is 4.74 Å². The molecule has 0 saturated carbocycles. The van der Waals surface area contributed by atoms with Crippen molar-refractivity contribution >= 4 is 23.2 Å². The summed E-state index contributed by atoms with van der Waals surface area (Å²) >= 11 is 0. The lowest BCUT2D eigenvalue weighted by Crippen LogP contribution is -2.12. The van der Waals surface area contributed by atoms with E-state index in [1.54, 1.807) is 24.7 Å². The van der Waals surface area contributed by atoms with Gasteiger partial charge in [0.15, 0.2) is 0 Å². The molecule has 28 heavy (non-hydrogen) atoms. The van der Waals surface area contributed by atoms with Crippen LogP contribution in [0, 0.1) is 0 Å². The molecule has 7 heteroatoms. The van der Waals surface area contributed by atoms with Crippen molar-refractivity contribution in [3.05, 3.63) is 72.3 Å². The van der Waals surface area contributed by atoms with Crippen LogP contribution in [0.15, 0.2) is 61.1 Å². The van der Waals surface area contributed by atoms with E-state index in [1.807, 2.05) is 47.9 Å². The predicted octanol–water partition coefficient (Wildman–Crippen LogP) is 3.54. The zero-order valence-corrected chi connectivity index (χ0v) is 15.8. The number of aromatic nitrogens is 2. The molecule has 2 N–H and O–H groups in total. The topological polar surface area (TPSA) is 85.2 Å². The van der Waals surface area contributed by atoms with E-state index in [9.17, 15) is 9.59 Å². The smallest absolute Gasteiger partial charge is 0.275 e. The SMILES string of the molecule is CCOc1ccc(NC(=O)c2cn(Cc3ccc(NC(C)=O)cc3)cn2)cc1. The number of nitrogens with one attached hydrogen (secondary N) is 2. The second kappa shape index (κ2) is 8.85. The molecule has 0 unspecified atom stereocenters. The maximum atomic E-state index is 12.4. The minimum absolute atomic E-state index is 0.106. The van der Waals surface area contributed by atoms with Crippen LogP contribution in [0.3, 0.4) is 0 Å². The minimum atomic E-state index is -0.274. The number of benzene rings is 2. The Balaban J connectivity index is 1.59. The summed E-state index contributed by atoms with van der Waals surface area (Å²) in [5.41, 5.74) is 2.79. The van der Waals surface area contributed by atoms with Gasteiger partial charge >= 0.3 is 0 Å². The summed E-state index contributed by atoms with van der Waals surface area (Å²) in [5, 5.41) is 5.55. The zero-order valence-electron chi connectivity index (χ0n) is 15.8. The van der Waals surface area contributed by atoms with Gasteiger partial charge in [0.1, 0.15) is 11.4 Å². The molecular formula is C21H22N4O3. The number of carbonyl (C=O) groups excluding carboxylic acids is 2. The Labute approximate surface area is 163 Å². The van der Waals surface area contributed by atoms with Crippen molar-refractivity contribution in [2.75, 3.05) is 17.2 Å². The molecule has 0 aliphatic carbocycles. The second-order valence-electron chi connectivity index (χ2n) is 6.22. The number of hydrogen-bond donors (Lipinski definition) is 2. The van der Waals surface area contributed by atoms with Crippen LogP contribution >= 0.6 is 0 Å². The molecule has 0 bridgehead atoms. The molecule has 3 aromatic rings. The van der Waals surface area contributed by atoms with Gasteiger partial charge < -0.3 is 19.9 Å². The fourth-order valence-electron chi connectivity index (χ4n) is 2.67. The Hall–Kier alpha value is -3.61. The fraction of sp³-hybridized carbons (Fsp3) is 0.190. The van der Waals surface area contributed by atoms with Crippen LogP contribution < -0.4 is 15.4 Å². The van der Waals surface area contributed by atoms with Crippen molar-refractivity contribution in [3.63, 3.8) is 0 Å². The van der Waals surface area contributed by atoms with E-state index in [1.165, 1.54) is 6.92 Å². The first-order valence-electron chi connectivity index (χ1n) is 8.96. The predicted molar refractivity (Wildman–Crippen MR) is 108 cm³/mol. The van der Waals surface area contributed by atoms with Crippen LogP contribution in [0.1, 0.15) is 29.9 Å². The van der Waals surface area contributed by atoms with Crippen LogP contribution in [0.5, 0.6) is 5.75 Å². The lowest BCUT2D eigenvalue weighted by Gasteiger charge is -2.06. The summed E-state index contributed by atoms with van der Waals surface area (Å²) < 4.78 is 7.22. The van der Waals surface area contributed by atoms with Gasteiger partial charge in [-0.05, 0) is 48.9 Å². The van der Waals surface area contributed by atoms with Crippen LogP contribution in [0.4, 0.5) is 11.4 Å². The number of hydrogen-bond acceptors (Lipinski definition) is 4. The molecule has 144 valence electrons. The van der Waals surface area contributed by atoms with Gasteiger partial charge in [0.25, 0.3) is 5.91 Å². The number of imidazole rings is 1. The number of nitrogens with zero attached hydrogens (tertiary/aromatic N) is 2. The first-order valence-corrected chi connectivity index (χ1v) is 8.96. The largest absolute Gasteiger partial charge is 0.494 e. The standard InChI is InChI=1S/C21H22N4O3/c1-3-28-19-10-8-18(9-11-19)24-21(27)20-13-25(14-22-20)12-16-4-6-17(7-5-16)23-15(2)26/h4-11,13-14H,3,12H2,1-2H3,(H,23,26)(H,24,27). The summed E-state index contributed by atoms with van der Waals surface area (Å²) in [6, 6.07) is 14.7. The highest BCUT2D eigenvalue weighted by molar-refractivity contribution is 6.02. The molecular weight excluding hydrogens is 356 g/mol. The Kier molecular flexibility index (Phi) is 6.06. The maximum Gasteiger partial charge on any atom is 0.275 e. The minimum Gasteiger partial charge on any atom is -0.494 e. The Morgan fingerprint density at radius 3 is 2.29 bits per heavy atom. The van der Waals surface area contributed by atoms with Crippen molar-refractivity contribution in [1.29, 1.82) is 0 Å². The molecule has 0 aliphatic heterocycles. The first-order chi connectivity index (χ1) is 13.5. The summed E-state index contributed by atoms with van der Waals surface area (Å²) in [5.74, 6) is 0.378. The van der Waals surface area contributed by atoms with Crippen LogP contribution in [-0.4, -0.2) is 28.0 Å². The van der Waals surface area contributed by atoms with E-state index in [0.717, 1.165) is 17.0 Å². The molecule has 0 atom stereocenters. The zero-order chi connectivity index (χ0) is 19.9. The lowest BCUT2D eigenvalue weighted by molar-refractivity contribution is -0.114. The van der Waals surface area contributed by atoms with Crippen LogP contribution in [0.25, 0.3) is 0 Å². The average Bonchev–Trinajstić information content (AvgIpc) is 3.13. The molecule has 2 aromatic carbocycles. The monoisotopic (exact) mass is 378 g/mol. The normalized spacial score (nSPS) is 10.4. The number of anilines is 2. The molecule has 3 rings (SSSR count). The molecule has 0 fully saturated rings. The molecule has 1 aromatic heterocycles. The summed E-state index contributed by atoms with van der Waals surface area (Å²) in [4.78, 5) is 27.6. The van der Waals surface area contributed by atoms with Crippen molar-refractivity contribution in [1.82, 2.24) is 9.55 Å². The van der Waals surface area contributed by atoms with Gasteiger partial charge in [-0.2, -0.15) is 0 Å². The van der Waals surface area contributed by atoms with Gasteiger partial charge in [0.2, 0.25) is 5.91 Å². The number of amides is 2. The summed E-state index contributed by atoms with van der Waals surface area (Å²) in [6.45, 7) is 4.56. The van der Waals surface area contributed by atoms with E-state index >= 15 is 0 Å². The van der Waals surface area contributed by atoms with Gasteiger partial charge in [-0.25, -0.2) is 4.98 Å². The van der Waals surface area contributed by atoms with E-state index in [2.05, 4.69) is 15.6 Å². The maximum absolute atomic E-state index is 12.4. The van der Waals surface area contributed by atoms with Crippen LogP contribution in [-0.2, 0) is 11.3 Å². The number of rotatable bonds is 7. The lowest BCUT2D eigenvalue weighted by atomic mass is 10.2. The van der Waals surface area contributed by atoms with Gasteiger partial charge in [-0.3, -0.25) is 9.59 Å². The third kappa shape index (κ3) is 5.20. The van der Waals surface area contributed by atoms with E-state index in [-0.39, 0.29) is 11.8 Å². The van der Waals surface area contributed by atoms with Gasteiger partial charge in [0.05, 0.1) is 12.9 Å². The van der Waals surface area contributed by atoms with Crippen LogP contribution in [0.2, 0.25) is 0 Å². The van der Waals surface area contributed by atoms with Crippen molar-refractivity contribution in [2.24, 2.45) is 0 Å². The quantitative estimate of drug-likeness (QED) is 0.658. The molecule has 0 aliphatic rings. The molecule has 0 spiro atoms. The van der Waals surface area contributed by atoms with Crippen molar-refractivity contribution in [2.45, 2.75) is 20.4 Å². The fourth-order valence-corrected chi connectivity index (χ4v) is 2.67. The summed E-state index contributed by atoms with van der Waals surface area (Å²) in [6.07, 6.45) is 3.32. The van der Waals surface area contributed by atoms with Crippen molar-refractivity contribution in [3.8, 4) is 5.75 Å². The number of carbonyl (C=O) groups is 2. The molecule has 1 heterocycles. The Morgan fingerprint density at radius 2 is 1.64 bits per heavy atom. The van der Waals surface area contributed by atoms with Gasteiger partial charge in [0, 0.05) is 31.0 Å². The first kappa shape index (κ1) is 19.2. The third-order valence-corrected chi connectivity index (χ3v) is 3.93. The molecule has 7 nitrogen and oxygen atoms in total. The molecule has 2 amide bonds. The van der Waals surface area contributed by atoms with E-state index in [0.29, 0.717) is 24.5 Å². The van der Waals surface area contributed by atoms with Crippen molar-refractivity contribution < 1.29 is 14.3 Å². The average molecular weight is 378 g/mol.